The number of benzene rings is 2. The van der Waals surface area contributed by atoms with Gasteiger partial charge in [0.1, 0.15) is 0 Å². The molecule has 2 unspecified atom stereocenters. The van der Waals surface area contributed by atoms with Crippen molar-refractivity contribution >= 4 is 41.0 Å². The van der Waals surface area contributed by atoms with Gasteiger partial charge in [-0.15, -0.1) is 0 Å². The van der Waals surface area contributed by atoms with Crippen LogP contribution in [0.3, 0.4) is 0 Å². The second kappa shape index (κ2) is 12.7. The van der Waals surface area contributed by atoms with Gasteiger partial charge in [-0.05, 0) is 91.5 Å². The van der Waals surface area contributed by atoms with Crippen molar-refractivity contribution in [3.8, 4) is 22.5 Å². The minimum atomic E-state index is -1.64. The Labute approximate surface area is 310 Å². The van der Waals surface area contributed by atoms with Crippen LogP contribution in [0, 0.1) is 6.92 Å². The molecule has 1 fully saturated rings. The Morgan fingerprint density at radius 1 is 0.885 bits per heavy atom. The summed E-state index contributed by atoms with van der Waals surface area (Å²) in [5, 5.41) is 3.81. The van der Waals surface area contributed by atoms with Crippen LogP contribution in [0.4, 0.5) is 0 Å². The molecule has 2 aromatic carbocycles. The Balaban J connectivity index is 1.28. The van der Waals surface area contributed by atoms with Crippen LogP contribution < -0.4 is 14.3 Å². The maximum absolute atomic E-state index is 6.81. The molecule has 0 N–H and O–H groups in total. The molecule has 2 atom stereocenters. The number of pyridine rings is 3. The second-order valence-electron chi connectivity index (χ2n) is 17.3. The van der Waals surface area contributed by atoms with E-state index in [1.165, 1.54) is 76.9 Å². The zero-order valence-electron chi connectivity index (χ0n) is 31.9. The van der Waals surface area contributed by atoms with E-state index >= 15 is 0 Å². The van der Waals surface area contributed by atoms with E-state index in [0.717, 1.165) is 52.7 Å². The number of furan rings is 1. The van der Waals surface area contributed by atoms with Gasteiger partial charge in [0.05, 0.1) is 20.1 Å². The lowest BCUT2D eigenvalue weighted by Crippen LogP contribution is -2.54. The number of fused-ring (bicyclic) bond motifs is 13. The molecule has 2 aliphatic heterocycles. The van der Waals surface area contributed by atoms with Crippen LogP contribution in [0.25, 0.3) is 50.3 Å². The van der Waals surface area contributed by atoms with Gasteiger partial charge >= 0.3 is 0 Å². The quantitative estimate of drug-likeness (QED) is 0.136. The molecule has 6 heterocycles. The third kappa shape index (κ3) is 5.50. The molecule has 3 aliphatic rings. The van der Waals surface area contributed by atoms with E-state index in [9.17, 15) is 0 Å². The lowest BCUT2D eigenvalue weighted by molar-refractivity contribution is -0.719. The summed E-state index contributed by atoms with van der Waals surface area (Å²) in [5.74, 6) is 1.42. The molecule has 264 valence electrons. The Morgan fingerprint density at radius 3 is 2.46 bits per heavy atom. The minimum absolute atomic E-state index is 0.260. The minimum Gasteiger partial charge on any atom is -0.437 e. The predicted molar refractivity (Wildman–Crippen MR) is 217 cm³/mol. The van der Waals surface area contributed by atoms with Crippen molar-refractivity contribution in [2.45, 2.75) is 116 Å². The summed E-state index contributed by atoms with van der Waals surface area (Å²) in [7, 11) is -1.64. The molecule has 0 amide bonds. The normalized spacial score (nSPS) is 19.2. The van der Waals surface area contributed by atoms with Gasteiger partial charge in [0.25, 0.3) is 0 Å². The largest absolute Gasteiger partial charge is 0.437 e. The van der Waals surface area contributed by atoms with Gasteiger partial charge in [-0.2, -0.15) is 9.13 Å². The first kappa shape index (κ1) is 33.5. The number of allylic oxidation sites excluding steroid dienone is 1. The molecule has 0 bridgehead atoms. The molecular weight excluding hydrogens is 651 g/mol. The Morgan fingerprint density at radius 2 is 1.67 bits per heavy atom. The van der Waals surface area contributed by atoms with Gasteiger partial charge in [0.2, 0.25) is 17.1 Å². The van der Waals surface area contributed by atoms with Crippen LogP contribution in [0.5, 0.6) is 0 Å². The first-order chi connectivity index (χ1) is 25.1. The molecule has 1 aliphatic carbocycles. The standard InChI is InChI=1S/C47H53N3OSi/c1-29(2)40-27-42-36-16-12-11-15-35(36)37-21-18-33-19-22-38-39-20-17-30(3)48-47(39)51-46(38)45(33)43-26-34(32-13-9-8-10-14-32)23-24-49(43)31(4)25-41(37)50(42)28-44(40)52(5,6)7/h11-12,15-17,19-20,22-24,26-29,32,37,41H,4,8-10,13-14,18,21,25H2,1-3,5-7H3/q+2. The van der Waals surface area contributed by atoms with Crippen LogP contribution in [0.1, 0.15) is 111 Å². The summed E-state index contributed by atoms with van der Waals surface area (Å²) >= 11 is 0. The zero-order valence-corrected chi connectivity index (χ0v) is 32.9. The summed E-state index contributed by atoms with van der Waals surface area (Å²) in [5.41, 5.74) is 14.7. The summed E-state index contributed by atoms with van der Waals surface area (Å²) in [4.78, 5) is 4.85. The molecule has 6 aromatic rings. The first-order valence-corrected chi connectivity index (χ1v) is 23.3. The lowest BCUT2D eigenvalue weighted by Gasteiger charge is -2.33. The third-order valence-electron chi connectivity index (χ3n) is 12.6. The maximum Gasteiger partial charge on any atom is 0.227 e. The average molecular weight is 704 g/mol. The molecule has 9 rings (SSSR count). The number of hydrogen-bond donors (Lipinski definition) is 0. The molecule has 1 saturated carbocycles. The topological polar surface area (TPSA) is 33.8 Å². The fourth-order valence-electron chi connectivity index (χ4n) is 9.89. The van der Waals surface area contributed by atoms with E-state index < -0.39 is 8.07 Å². The van der Waals surface area contributed by atoms with Crippen molar-refractivity contribution < 1.29 is 13.6 Å². The number of rotatable bonds is 3. The monoisotopic (exact) mass is 703 g/mol. The van der Waals surface area contributed by atoms with Crippen molar-refractivity contribution in [1.29, 1.82) is 0 Å². The molecule has 5 heteroatoms. The average Bonchev–Trinajstić information content (AvgIpc) is 3.50. The predicted octanol–water partition coefficient (Wildman–Crippen LogP) is 11.1. The smallest absolute Gasteiger partial charge is 0.227 e. The van der Waals surface area contributed by atoms with Crippen molar-refractivity contribution in [1.82, 2.24) is 4.98 Å². The van der Waals surface area contributed by atoms with Crippen LogP contribution >= 0.6 is 0 Å². The Bertz CT molecular complexity index is 2390. The Kier molecular flexibility index (Phi) is 8.15. The van der Waals surface area contributed by atoms with Crippen molar-refractivity contribution in [3.63, 3.8) is 0 Å². The van der Waals surface area contributed by atoms with Gasteiger partial charge in [-0.1, -0.05) is 83.1 Å². The SMILES string of the molecule is C=C1CC2C(CCc3ccc4c(oc5nc(C)ccc54)c3-c3cc(C4CCCCC4)cc[n+]31)c1ccccc1-c1cc(C(C)C)c([Si](C)(C)C)c[n+]12. The summed E-state index contributed by atoms with van der Waals surface area (Å²) in [6.07, 6.45) is 14.3. The number of aromatic nitrogens is 3. The second-order valence-corrected chi connectivity index (χ2v) is 22.4. The van der Waals surface area contributed by atoms with E-state index in [1.807, 2.05) is 6.92 Å². The van der Waals surface area contributed by atoms with Crippen molar-refractivity contribution in [2.75, 3.05) is 0 Å². The Hall–Kier alpha value is -4.35. The molecule has 52 heavy (non-hydrogen) atoms. The number of nitrogens with zero attached hydrogens (tertiary/aromatic N) is 3. The van der Waals surface area contributed by atoms with Gasteiger partial charge in [-0.3, -0.25) is 0 Å². The third-order valence-corrected chi connectivity index (χ3v) is 14.6. The van der Waals surface area contributed by atoms with Gasteiger partial charge in [-0.25, -0.2) is 4.98 Å². The molecular formula is C47H53N3OSi+2. The number of aryl methyl sites for hydroxylation is 2. The van der Waals surface area contributed by atoms with Gasteiger partial charge in [0.15, 0.2) is 29.7 Å². The van der Waals surface area contributed by atoms with E-state index in [1.54, 1.807) is 5.19 Å². The van der Waals surface area contributed by atoms with Crippen LogP contribution in [-0.2, 0) is 6.42 Å². The highest BCUT2D eigenvalue weighted by atomic mass is 28.3. The number of hydrogen-bond acceptors (Lipinski definition) is 2. The van der Waals surface area contributed by atoms with E-state index in [0.29, 0.717) is 17.8 Å². The molecule has 0 saturated heterocycles. The van der Waals surface area contributed by atoms with E-state index in [-0.39, 0.29) is 6.04 Å². The fraction of sp³-hybridized carbons (Fsp3) is 0.383. The molecule has 4 nitrogen and oxygen atoms in total. The highest BCUT2D eigenvalue weighted by molar-refractivity contribution is 6.89. The van der Waals surface area contributed by atoms with Gasteiger partial charge < -0.3 is 4.42 Å². The van der Waals surface area contributed by atoms with Crippen LogP contribution in [0.2, 0.25) is 19.6 Å². The van der Waals surface area contributed by atoms with Gasteiger partial charge in [0, 0.05) is 51.3 Å². The van der Waals surface area contributed by atoms with Crippen molar-refractivity contribution in [3.05, 3.63) is 114 Å². The summed E-state index contributed by atoms with van der Waals surface area (Å²) < 4.78 is 11.9. The maximum atomic E-state index is 6.81. The molecule has 0 radical (unpaired) electrons. The van der Waals surface area contributed by atoms with Crippen molar-refractivity contribution in [2.24, 2.45) is 0 Å². The van der Waals surface area contributed by atoms with E-state index in [4.69, 9.17) is 16.0 Å². The van der Waals surface area contributed by atoms with Crippen LogP contribution in [-0.4, -0.2) is 13.1 Å². The summed E-state index contributed by atoms with van der Waals surface area (Å²) in [6, 6.07) is 25.9. The highest BCUT2D eigenvalue weighted by Crippen LogP contribution is 2.46. The molecule has 0 spiro atoms. The summed E-state index contributed by atoms with van der Waals surface area (Å²) in [6.45, 7) is 19.2. The first-order valence-electron chi connectivity index (χ1n) is 19.8. The van der Waals surface area contributed by atoms with E-state index in [2.05, 4.69) is 122 Å². The highest BCUT2D eigenvalue weighted by Gasteiger charge is 2.44. The fourth-order valence-corrected chi connectivity index (χ4v) is 11.6. The lowest BCUT2D eigenvalue weighted by atomic mass is 9.77. The zero-order chi connectivity index (χ0) is 35.9. The van der Waals surface area contributed by atoms with Crippen LogP contribution in [0.15, 0.2) is 90.1 Å². The molecule has 4 aromatic heterocycles.